The Morgan fingerprint density at radius 1 is 1.00 bits per heavy atom. The highest BCUT2D eigenvalue weighted by Gasteiger charge is 2.30. The lowest BCUT2D eigenvalue weighted by molar-refractivity contribution is 0.0962. The van der Waals surface area contributed by atoms with Crippen molar-refractivity contribution in [2.45, 2.75) is 58.9 Å². The van der Waals surface area contributed by atoms with Crippen LogP contribution in [0.5, 0.6) is 11.5 Å². The second-order valence-electron chi connectivity index (χ2n) is 9.89. The van der Waals surface area contributed by atoms with Crippen LogP contribution in [-0.2, 0) is 17.4 Å². The summed E-state index contributed by atoms with van der Waals surface area (Å²) in [6.07, 6.45) is 0. The first-order valence-electron chi connectivity index (χ1n) is 9.86. The number of hydrogen-bond acceptors (Lipinski definition) is 4. The highest BCUT2D eigenvalue weighted by Crippen LogP contribution is 2.40. The molecule has 3 N–H and O–H groups in total. The van der Waals surface area contributed by atoms with Gasteiger partial charge in [0.05, 0.1) is 6.54 Å². The van der Waals surface area contributed by atoms with Gasteiger partial charge in [0.1, 0.15) is 17.3 Å². The molecule has 0 unspecified atom stereocenters. The number of hydrogen-bond donors (Lipinski definition) is 3. The minimum Gasteiger partial charge on any atom is -0.508 e. The Bertz CT molecular complexity index is 965. The van der Waals surface area contributed by atoms with Crippen LogP contribution in [0.4, 0.5) is 0 Å². The Morgan fingerprint density at radius 2 is 1.53 bits per heavy atom. The number of carbonyl (C=O) groups excluding carboxylic acids is 1. The number of Topliss-reactive ketones (excluding diaryl/α,β-unsaturated/α-hetero) is 1. The number of fused-ring (bicyclic) bond motifs is 1. The topological polar surface area (TPSA) is 84.6 Å². The molecule has 0 spiro atoms. The van der Waals surface area contributed by atoms with E-state index in [-0.39, 0.29) is 57.5 Å². The zero-order chi connectivity index (χ0) is 21.7. The molecule has 0 aromatic heterocycles. The third-order valence-corrected chi connectivity index (χ3v) is 5.41. The summed E-state index contributed by atoms with van der Waals surface area (Å²) in [7, 11) is 0. The summed E-state index contributed by atoms with van der Waals surface area (Å²) in [5.74, 6) is 0.515. The van der Waals surface area contributed by atoms with Crippen LogP contribution in [0, 0.1) is 5.41 Å². The van der Waals surface area contributed by atoms with Crippen LogP contribution < -0.4 is 0 Å². The maximum Gasteiger partial charge on any atom is 0.182 e. The van der Waals surface area contributed by atoms with Gasteiger partial charge in [-0.15, -0.1) is 17.0 Å². The third kappa shape index (κ3) is 4.53. The van der Waals surface area contributed by atoms with E-state index >= 15 is 0 Å². The van der Waals surface area contributed by atoms with Crippen molar-refractivity contribution < 1.29 is 15.0 Å². The van der Waals surface area contributed by atoms with Crippen molar-refractivity contribution in [3.8, 4) is 11.5 Å². The monoisotopic (exact) mass is 474 g/mol. The lowest BCUT2D eigenvalue weighted by atomic mass is 9.78. The van der Waals surface area contributed by atoms with Gasteiger partial charge in [-0.3, -0.25) is 10.2 Å². The molecule has 2 aromatic rings. The Kier molecular flexibility index (Phi) is 6.43. The molecular weight excluding hydrogens is 444 g/mol. The molecule has 5 nitrogen and oxygen atoms in total. The second-order valence-corrected chi connectivity index (χ2v) is 9.89. The summed E-state index contributed by atoms with van der Waals surface area (Å²) < 4.78 is 0. The summed E-state index contributed by atoms with van der Waals surface area (Å²) in [6, 6.07) is 8.53. The van der Waals surface area contributed by atoms with Gasteiger partial charge in [0.25, 0.3) is 0 Å². The van der Waals surface area contributed by atoms with E-state index in [0.29, 0.717) is 17.7 Å². The Morgan fingerprint density at radius 3 is 2.03 bits per heavy atom. The summed E-state index contributed by atoms with van der Waals surface area (Å²) in [5.41, 5.74) is 3.01. The van der Waals surface area contributed by atoms with Crippen molar-refractivity contribution >= 4 is 28.6 Å². The molecule has 6 heteroatoms. The van der Waals surface area contributed by atoms with E-state index < -0.39 is 0 Å². The first-order chi connectivity index (χ1) is 13.3. The molecule has 3 rings (SSSR count). The van der Waals surface area contributed by atoms with Gasteiger partial charge in [-0.1, -0.05) is 47.6 Å². The standard InChI is InChI=1S/C24H30N2O3.BrH/c1-23(2,3)18-9-15(10-19(21(18)29)24(4,5)6)20(28)13-26-12-14-7-8-16(27)11-17(14)22(26)25;/h7-11,25,27,29H,12-13H2,1-6H3;1H. The summed E-state index contributed by atoms with van der Waals surface area (Å²) in [5, 5.41) is 28.9. The number of benzene rings is 2. The number of halogens is 1. The van der Waals surface area contributed by atoms with E-state index in [1.54, 1.807) is 35.2 Å². The normalized spacial score (nSPS) is 13.8. The SMILES string of the molecule is Br.CC(C)(C)c1cc(C(=O)CN2Cc3ccc(O)cc3C2=N)cc(C(C)(C)C)c1O. The van der Waals surface area contributed by atoms with Crippen LogP contribution in [0.15, 0.2) is 30.3 Å². The number of phenolic OH excluding ortho intramolecular Hbond substituents is 2. The van der Waals surface area contributed by atoms with Crippen molar-refractivity contribution in [3.63, 3.8) is 0 Å². The molecule has 1 aliphatic heterocycles. The Labute approximate surface area is 189 Å². The lowest BCUT2D eigenvalue weighted by Crippen LogP contribution is -2.30. The summed E-state index contributed by atoms with van der Waals surface area (Å²) in [6.45, 7) is 12.6. The maximum atomic E-state index is 13.2. The number of ketones is 1. The number of aromatic hydroxyl groups is 2. The van der Waals surface area contributed by atoms with Gasteiger partial charge in [0.15, 0.2) is 5.78 Å². The Balaban J connectivity index is 0.00000320. The van der Waals surface area contributed by atoms with Gasteiger partial charge in [-0.05, 0) is 40.7 Å². The van der Waals surface area contributed by atoms with E-state index in [2.05, 4.69) is 0 Å². The van der Waals surface area contributed by atoms with Gasteiger partial charge >= 0.3 is 0 Å². The molecule has 1 aliphatic rings. The fraction of sp³-hybridized carbons (Fsp3) is 0.417. The average Bonchev–Trinajstić information content (AvgIpc) is 2.88. The van der Waals surface area contributed by atoms with Crippen LogP contribution in [0.1, 0.15) is 74.2 Å². The van der Waals surface area contributed by atoms with Crippen LogP contribution in [0.2, 0.25) is 0 Å². The molecule has 1 heterocycles. The van der Waals surface area contributed by atoms with E-state index in [9.17, 15) is 15.0 Å². The second kappa shape index (κ2) is 8.06. The van der Waals surface area contributed by atoms with Gasteiger partial charge in [0.2, 0.25) is 0 Å². The van der Waals surface area contributed by atoms with Gasteiger partial charge < -0.3 is 15.1 Å². The molecular formula is C24H31BrN2O3. The van der Waals surface area contributed by atoms with Crippen molar-refractivity contribution in [2.24, 2.45) is 0 Å². The maximum absolute atomic E-state index is 13.2. The largest absolute Gasteiger partial charge is 0.508 e. The van der Waals surface area contributed by atoms with E-state index in [0.717, 1.165) is 16.7 Å². The minimum absolute atomic E-state index is 0. The fourth-order valence-electron chi connectivity index (χ4n) is 3.72. The number of nitrogens with one attached hydrogen (secondary N) is 1. The van der Waals surface area contributed by atoms with E-state index in [1.807, 2.05) is 41.5 Å². The molecule has 30 heavy (non-hydrogen) atoms. The molecule has 2 aromatic carbocycles. The molecule has 0 amide bonds. The Hall–Kier alpha value is -2.34. The zero-order valence-corrected chi connectivity index (χ0v) is 20.2. The average molecular weight is 475 g/mol. The molecule has 0 radical (unpaired) electrons. The lowest BCUT2D eigenvalue weighted by Gasteiger charge is -2.28. The number of carbonyl (C=O) groups is 1. The molecule has 0 bridgehead atoms. The van der Waals surface area contributed by atoms with Crippen LogP contribution >= 0.6 is 17.0 Å². The summed E-state index contributed by atoms with van der Waals surface area (Å²) in [4.78, 5) is 14.9. The number of rotatable bonds is 3. The number of phenols is 2. The van der Waals surface area contributed by atoms with Crippen LogP contribution in [-0.4, -0.2) is 33.3 Å². The molecule has 0 atom stereocenters. The number of nitrogens with zero attached hydrogens (tertiary/aromatic N) is 1. The molecule has 162 valence electrons. The van der Waals surface area contributed by atoms with Gasteiger partial charge in [-0.25, -0.2) is 0 Å². The highest BCUT2D eigenvalue weighted by atomic mass is 79.9. The van der Waals surface area contributed by atoms with Crippen molar-refractivity contribution in [1.82, 2.24) is 4.90 Å². The predicted octanol–water partition coefficient (Wildman–Crippen LogP) is 5.29. The van der Waals surface area contributed by atoms with Gasteiger partial charge in [0, 0.05) is 28.8 Å². The minimum atomic E-state index is -0.311. The molecule has 0 aliphatic carbocycles. The predicted molar refractivity (Wildman–Crippen MR) is 126 cm³/mol. The first-order valence-corrected chi connectivity index (χ1v) is 9.86. The van der Waals surface area contributed by atoms with Crippen molar-refractivity contribution in [1.29, 1.82) is 5.41 Å². The quantitative estimate of drug-likeness (QED) is 0.527. The fourth-order valence-corrected chi connectivity index (χ4v) is 3.72. The molecule has 0 saturated heterocycles. The van der Waals surface area contributed by atoms with Gasteiger partial charge in [-0.2, -0.15) is 0 Å². The van der Waals surface area contributed by atoms with E-state index in [4.69, 9.17) is 5.41 Å². The zero-order valence-electron chi connectivity index (χ0n) is 18.5. The number of amidine groups is 1. The summed E-state index contributed by atoms with van der Waals surface area (Å²) >= 11 is 0. The van der Waals surface area contributed by atoms with Crippen molar-refractivity contribution in [3.05, 3.63) is 58.1 Å². The molecule has 0 saturated carbocycles. The van der Waals surface area contributed by atoms with Crippen LogP contribution in [0.25, 0.3) is 0 Å². The third-order valence-electron chi connectivity index (χ3n) is 5.41. The molecule has 0 fully saturated rings. The van der Waals surface area contributed by atoms with Crippen molar-refractivity contribution in [2.75, 3.05) is 6.54 Å². The first kappa shape index (κ1) is 23.9. The van der Waals surface area contributed by atoms with E-state index in [1.165, 1.54) is 0 Å². The highest BCUT2D eigenvalue weighted by molar-refractivity contribution is 8.93. The van der Waals surface area contributed by atoms with Crippen LogP contribution in [0.3, 0.4) is 0 Å². The smallest absolute Gasteiger partial charge is 0.182 e.